The van der Waals surface area contributed by atoms with Gasteiger partial charge in [0.25, 0.3) is 5.91 Å². The highest BCUT2D eigenvalue weighted by Crippen LogP contribution is 2.49. The molecule has 2 N–H and O–H groups in total. The van der Waals surface area contributed by atoms with Gasteiger partial charge in [0.2, 0.25) is 10.0 Å². The number of hydrogen-bond acceptors (Lipinski definition) is 5. The van der Waals surface area contributed by atoms with E-state index >= 15 is 0 Å². The van der Waals surface area contributed by atoms with E-state index in [0.717, 1.165) is 18.7 Å². The van der Waals surface area contributed by atoms with E-state index in [1.54, 1.807) is 0 Å². The predicted molar refractivity (Wildman–Crippen MR) is 119 cm³/mol. The Kier molecular flexibility index (Phi) is 6.47. The predicted octanol–water partition coefficient (Wildman–Crippen LogP) is 3.50. The van der Waals surface area contributed by atoms with Crippen molar-refractivity contribution in [2.45, 2.75) is 35.4 Å². The zero-order valence-corrected chi connectivity index (χ0v) is 20.1. The largest absolute Gasteiger partial charge is 0.322 e. The molecular formula is C21H20ClF3N2O5S2. The molecule has 0 heterocycles. The minimum atomic E-state index is -3.97. The topological polar surface area (TPSA) is 109 Å². The number of nitrogens with one attached hydrogen (secondary N) is 2. The molecule has 3 saturated carbocycles. The van der Waals surface area contributed by atoms with Crippen molar-refractivity contribution in [2.75, 3.05) is 11.6 Å². The van der Waals surface area contributed by atoms with E-state index in [1.165, 1.54) is 12.1 Å². The number of sulfonamides is 1. The van der Waals surface area contributed by atoms with Crippen LogP contribution in [0.15, 0.2) is 35.2 Å². The molecule has 2 aromatic carbocycles. The van der Waals surface area contributed by atoms with Crippen LogP contribution in [0.4, 0.5) is 18.9 Å². The monoisotopic (exact) mass is 536 g/mol. The van der Waals surface area contributed by atoms with E-state index in [9.17, 15) is 34.8 Å². The first-order valence-electron chi connectivity index (χ1n) is 10.2. The lowest BCUT2D eigenvalue weighted by Gasteiger charge is -2.51. The van der Waals surface area contributed by atoms with Crippen LogP contribution in [0, 0.1) is 29.3 Å². The first-order chi connectivity index (χ1) is 15.8. The molecule has 3 aliphatic rings. The van der Waals surface area contributed by atoms with Crippen molar-refractivity contribution in [3.63, 3.8) is 0 Å². The summed E-state index contributed by atoms with van der Waals surface area (Å²) in [4.78, 5) is 12.3. The van der Waals surface area contributed by atoms with Crippen LogP contribution in [-0.2, 0) is 19.9 Å². The summed E-state index contributed by atoms with van der Waals surface area (Å²) in [5.41, 5.74) is -0.483. The number of hydrogen-bond donors (Lipinski definition) is 2. The quantitative estimate of drug-likeness (QED) is 0.549. The lowest BCUT2D eigenvalue weighted by molar-refractivity contribution is 0.0679. The van der Waals surface area contributed by atoms with Crippen LogP contribution in [0.5, 0.6) is 0 Å². The van der Waals surface area contributed by atoms with E-state index in [-0.39, 0.29) is 51.9 Å². The third kappa shape index (κ3) is 4.81. The maximum absolute atomic E-state index is 13.4. The van der Waals surface area contributed by atoms with Crippen molar-refractivity contribution >= 4 is 43.1 Å². The van der Waals surface area contributed by atoms with Crippen molar-refractivity contribution in [1.82, 2.24) is 4.72 Å². The van der Waals surface area contributed by atoms with Crippen LogP contribution >= 0.6 is 11.6 Å². The Morgan fingerprint density at radius 2 is 1.56 bits per heavy atom. The second-order valence-corrected chi connectivity index (χ2v) is 13.0. The van der Waals surface area contributed by atoms with Gasteiger partial charge in [-0.05, 0) is 49.3 Å². The van der Waals surface area contributed by atoms with Gasteiger partial charge in [-0.15, -0.1) is 0 Å². The minimum Gasteiger partial charge on any atom is -0.322 e. The molecular weight excluding hydrogens is 517 g/mol. The van der Waals surface area contributed by atoms with Crippen molar-refractivity contribution in [3.8, 4) is 0 Å². The number of benzene rings is 2. The summed E-state index contributed by atoms with van der Waals surface area (Å²) in [5.74, 6) is -5.79. The highest BCUT2D eigenvalue weighted by molar-refractivity contribution is 7.92. The summed E-state index contributed by atoms with van der Waals surface area (Å²) in [5, 5.41) is 1.30. The SMILES string of the molecule is CS(=O)(=O)NC1C2CC1CC(S(=O)(=O)c1cc(C(=O)Nc3cc(F)c(F)c(F)c3)ccc1Cl)C2. The molecule has 2 aromatic rings. The van der Waals surface area contributed by atoms with Crippen molar-refractivity contribution in [2.24, 2.45) is 11.8 Å². The molecule has 0 radical (unpaired) electrons. The van der Waals surface area contributed by atoms with Crippen LogP contribution in [-0.4, -0.2) is 40.3 Å². The number of halogens is 4. The van der Waals surface area contributed by atoms with Gasteiger partial charge in [-0.25, -0.2) is 34.7 Å². The lowest BCUT2D eigenvalue weighted by Crippen LogP contribution is -2.59. The van der Waals surface area contributed by atoms with Crippen LogP contribution in [0.25, 0.3) is 0 Å². The Bertz CT molecular complexity index is 1350. The number of rotatable bonds is 6. The number of anilines is 1. The third-order valence-electron chi connectivity index (χ3n) is 6.28. The van der Waals surface area contributed by atoms with Gasteiger partial charge in [0.15, 0.2) is 27.3 Å². The number of sulfone groups is 1. The van der Waals surface area contributed by atoms with Crippen LogP contribution < -0.4 is 10.0 Å². The zero-order valence-electron chi connectivity index (χ0n) is 17.7. The second kappa shape index (κ2) is 8.81. The molecule has 184 valence electrons. The number of amides is 1. The van der Waals surface area contributed by atoms with Gasteiger partial charge in [-0.1, -0.05) is 11.6 Å². The molecule has 1 amide bonds. The van der Waals surface area contributed by atoms with E-state index in [0.29, 0.717) is 12.1 Å². The minimum absolute atomic E-state index is 0.0968. The van der Waals surface area contributed by atoms with Gasteiger partial charge >= 0.3 is 0 Å². The van der Waals surface area contributed by atoms with Gasteiger partial charge in [-0.3, -0.25) is 4.79 Å². The molecule has 2 bridgehead atoms. The van der Waals surface area contributed by atoms with Crippen LogP contribution in [0.2, 0.25) is 5.02 Å². The van der Waals surface area contributed by atoms with E-state index in [4.69, 9.17) is 11.6 Å². The molecule has 0 spiro atoms. The van der Waals surface area contributed by atoms with Crippen molar-refractivity contribution in [3.05, 3.63) is 58.4 Å². The summed E-state index contributed by atoms with van der Waals surface area (Å²) < 4.78 is 92.3. The first kappa shape index (κ1) is 25.0. The normalized spacial score (nSPS) is 24.4. The summed E-state index contributed by atoms with van der Waals surface area (Å²) in [6.07, 6.45) is 2.26. The molecule has 2 atom stereocenters. The standard InChI is InChI=1S/C21H20ClF3N2O5S2/c1-33(29,30)27-20-11-4-12(20)6-14(5-11)34(31,32)18-7-10(2-3-15(18)22)21(28)26-13-8-16(23)19(25)17(24)9-13/h2-3,7-9,11-12,14,20,27H,4-6H2,1H3,(H,26,28). The van der Waals surface area contributed by atoms with E-state index in [1.807, 2.05) is 0 Å². The average Bonchev–Trinajstić information content (AvgIpc) is 2.75. The van der Waals surface area contributed by atoms with E-state index in [2.05, 4.69) is 10.0 Å². The molecule has 0 aromatic heterocycles. The fourth-order valence-corrected chi connectivity index (χ4v) is 8.01. The Balaban J connectivity index is 1.55. The smallest absolute Gasteiger partial charge is 0.255 e. The molecule has 3 fully saturated rings. The summed E-state index contributed by atoms with van der Waals surface area (Å²) >= 11 is 6.14. The highest BCUT2D eigenvalue weighted by Gasteiger charge is 2.51. The molecule has 2 unspecified atom stereocenters. The molecule has 5 rings (SSSR count). The molecule has 34 heavy (non-hydrogen) atoms. The van der Waals surface area contributed by atoms with Crippen molar-refractivity contribution in [1.29, 1.82) is 0 Å². The Labute approximate surface area is 199 Å². The maximum Gasteiger partial charge on any atom is 0.255 e. The Hall–Kier alpha value is -2.15. The average molecular weight is 537 g/mol. The highest BCUT2D eigenvalue weighted by atomic mass is 35.5. The van der Waals surface area contributed by atoms with Gasteiger partial charge < -0.3 is 5.32 Å². The lowest BCUT2D eigenvalue weighted by atomic mass is 9.61. The van der Waals surface area contributed by atoms with E-state index < -0.39 is 48.5 Å². The van der Waals surface area contributed by atoms with Gasteiger partial charge in [0.1, 0.15) is 0 Å². The Morgan fingerprint density at radius 3 is 2.12 bits per heavy atom. The molecule has 7 nitrogen and oxygen atoms in total. The van der Waals surface area contributed by atoms with Crippen LogP contribution in [0.3, 0.4) is 0 Å². The fourth-order valence-electron chi connectivity index (χ4n) is 4.69. The first-order valence-corrected chi connectivity index (χ1v) is 14.0. The second-order valence-electron chi connectivity index (χ2n) is 8.66. The zero-order chi connectivity index (χ0) is 25.0. The summed E-state index contributed by atoms with van der Waals surface area (Å²) in [7, 11) is -7.39. The van der Waals surface area contributed by atoms with Gasteiger partial charge in [-0.2, -0.15) is 0 Å². The van der Waals surface area contributed by atoms with Crippen LogP contribution in [0.1, 0.15) is 29.6 Å². The summed E-state index contributed by atoms with van der Waals surface area (Å²) in [6, 6.07) is 4.45. The van der Waals surface area contributed by atoms with Gasteiger partial charge in [0, 0.05) is 29.4 Å². The fraction of sp³-hybridized carbons (Fsp3) is 0.381. The Morgan fingerprint density at radius 1 is 0.971 bits per heavy atom. The molecule has 0 aliphatic heterocycles. The molecule has 3 aliphatic carbocycles. The van der Waals surface area contributed by atoms with Gasteiger partial charge in [0.05, 0.1) is 21.4 Å². The summed E-state index contributed by atoms with van der Waals surface area (Å²) in [6.45, 7) is 0. The number of carbonyl (C=O) groups excluding carboxylic acids is 1. The molecule has 0 saturated heterocycles. The number of fused-ring (bicyclic) bond motifs is 2. The third-order valence-corrected chi connectivity index (χ3v) is 9.64. The maximum atomic E-state index is 13.4. The number of carbonyl (C=O) groups is 1. The van der Waals surface area contributed by atoms with Crippen molar-refractivity contribution < 1.29 is 34.8 Å². The molecule has 13 heteroatoms.